The molecule has 2 aromatic rings. The van der Waals surface area contributed by atoms with Crippen molar-refractivity contribution in [2.75, 3.05) is 6.61 Å². The number of rotatable bonds is 18. The minimum Gasteiger partial charge on any atom is -0.465 e. The zero-order valence-electron chi connectivity index (χ0n) is 24.8. The van der Waals surface area contributed by atoms with Crippen molar-refractivity contribution in [2.24, 2.45) is 11.3 Å². The van der Waals surface area contributed by atoms with E-state index in [0.29, 0.717) is 5.56 Å². The van der Waals surface area contributed by atoms with Crippen LogP contribution in [0.2, 0.25) is 6.04 Å². The Hall–Kier alpha value is -3.60. The first-order valence-electron chi connectivity index (χ1n) is 14.6. The predicted octanol–water partition coefficient (Wildman–Crippen LogP) is 7.28. The average molecular weight is 597 g/mol. The number of nitrogens with one attached hydrogen (secondary N) is 1. The van der Waals surface area contributed by atoms with Gasteiger partial charge in [0.1, 0.15) is 0 Å². The monoisotopic (exact) mass is 596 g/mol. The topological polar surface area (TPSA) is 142 Å². The standard InChI is InChI=1S/C31H42N3O7Si/c1-31(2,3)27(30(36)41-18-14-9-7-5-4-6-8-10-15-19-42)28(23-16-12-11-13-17-23)32-29(35)24-20-25(33(37)38)22-26(21-24)34(39)40/h11-13,16-17,20-22,27-28H,4-10,14-15,18-19H2,1-3H3,(H,32,35)/t27-,28+/m1/s1. The molecule has 1 N–H and O–H groups in total. The van der Waals surface area contributed by atoms with E-state index in [2.05, 4.69) is 15.6 Å². The normalized spacial score (nSPS) is 12.8. The molecule has 227 valence electrons. The van der Waals surface area contributed by atoms with Crippen LogP contribution in [0.25, 0.3) is 0 Å². The maximum Gasteiger partial charge on any atom is 0.311 e. The molecule has 0 saturated carbocycles. The van der Waals surface area contributed by atoms with Crippen LogP contribution >= 0.6 is 0 Å². The first-order chi connectivity index (χ1) is 20.0. The molecule has 0 aliphatic heterocycles. The molecule has 11 heteroatoms. The molecule has 0 aliphatic carbocycles. The average Bonchev–Trinajstić information content (AvgIpc) is 2.94. The number of unbranched alkanes of at least 4 members (excludes halogenated alkanes) is 8. The Balaban J connectivity index is 2.14. The lowest BCUT2D eigenvalue weighted by Crippen LogP contribution is -2.43. The van der Waals surface area contributed by atoms with Gasteiger partial charge in [0.15, 0.2) is 0 Å². The van der Waals surface area contributed by atoms with Gasteiger partial charge >= 0.3 is 5.97 Å². The molecule has 42 heavy (non-hydrogen) atoms. The molecule has 0 unspecified atom stereocenters. The van der Waals surface area contributed by atoms with Crippen LogP contribution in [0.3, 0.4) is 0 Å². The van der Waals surface area contributed by atoms with Crippen molar-refractivity contribution < 1.29 is 24.2 Å². The molecule has 10 nitrogen and oxygen atoms in total. The lowest BCUT2D eigenvalue weighted by Gasteiger charge is -2.36. The van der Waals surface area contributed by atoms with Crippen molar-refractivity contribution in [1.29, 1.82) is 0 Å². The summed E-state index contributed by atoms with van der Waals surface area (Å²) < 4.78 is 5.72. The van der Waals surface area contributed by atoms with E-state index in [0.717, 1.165) is 49.9 Å². The molecule has 2 atom stereocenters. The highest BCUT2D eigenvalue weighted by Gasteiger charge is 2.41. The largest absolute Gasteiger partial charge is 0.465 e. The van der Waals surface area contributed by atoms with E-state index in [4.69, 9.17) is 4.74 Å². The first kappa shape index (κ1) is 34.6. The van der Waals surface area contributed by atoms with Gasteiger partial charge in [-0.05, 0) is 17.4 Å². The molecule has 1 amide bonds. The molecule has 2 rings (SSSR count). The second-order valence-electron chi connectivity index (χ2n) is 11.6. The van der Waals surface area contributed by atoms with Gasteiger partial charge in [-0.2, -0.15) is 0 Å². The van der Waals surface area contributed by atoms with Crippen LogP contribution in [0.15, 0.2) is 48.5 Å². The van der Waals surface area contributed by atoms with E-state index in [-0.39, 0.29) is 12.2 Å². The Kier molecular flexibility index (Phi) is 14.3. The summed E-state index contributed by atoms with van der Waals surface area (Å²) >= 11 is 0. The quantitative estimate of drug-likeness (QED) is 0.0626. The van der Waals surface area contributed by atoms with Gasteiger partial charge in [0.2, 0.25) is 0 Å². The van der Waals surface area contributed by atoms with E-state index < -0.39 is 50.5 Å². The van der Waals surface area contributed by atoms with Crippen LogP contribution in [-0.2, 0) is 9.53 Å². The van der Waals surface area contributed by atoms with Gasteiger partial charge in [-0.1, -0.05) is 109 Å². The van der Waals surface area contributed by atoms with E-state index in [9.17, 15) is 29.8 Å². The summed E-state index contributed by atoms with van der Waals surface area (Å²) in [5.74, 6) is -2.05. The second-order valence-corrected chi connectivity index (χ2v) is 12.1. The Labute approximate surface area is 251 Å². The number of esters is 1. The number of hydrogen-bond acceptors (Lipinski definition) is 7. The van der Waals surface area contributed by atoms with Crippen LogP contribution in [0.4, 0.5) is 11.4 Å². The predicted molar refractivity (Wildman–Crippen MR) is 162 cm³/mol. The van der Waals surface area contributed by atoms with Gasteiger partial charge in [-0.25, -0.2) is 0 Å². The maximum absolute atomic E-state index is 13.5. The molecule has 0 heterocycles. The fourth-order valence-electron chi connectivity index (χ4n) is 4.90. The summed E-state index contributed by atoms with van der Waals surface area (Å²) in [6, 6.07) is 11.9. The lowest BCUT2D eigenvalue weighted by atomic mass is 9.74. The van der Waals surface area contributed by atoms with E-state index in [1.54, 1.807) is 30.3 Å². The number of benzene rings is 2. The van der Waals surface area contributed by atoms with Crippen molar-refractivity contribution in [2.45, 2.75) is 90.6 Å². The highest BCUT2D eigenvalue weighted by Crippen LogP contribution is 2.38. The number of hydrogen-bond donors (Lipinski definition) is 1. The van der Waals surface area contributed by atoms with Gasteiger partial charge in [-0.15, -0.1) is 0 Å². The number of ether oxygens (including phenoxy) is 1. The molecular weight excluding hydrogens is 554 g/mol. The molecule has 0 spiro atoms. The number of amides is 1. The fraction of sp³-hybridized carbons (Fsp3) is 0.548. The van der Waals surface area contributed by atoms with Crippen LogP contribution in [0.1, 0.15) is 101 Å². The maximum atomic E-state index is 13.5. The number of nitro benzene ring substituents is 2. The zero-order chi connectivity index (χ0) is 31.1. The molecule has 0 fully saturated rings. The summed E-state index contributed by atoms with van der Waals surface area (Å²) in [6.07, 6.45) is 10.1. The fourth-order valence-corrected chi connectivity index (χ4v) is 5.15. The van der Waals surface area contributed by atoms with Crippen LogP contribution in [0, 0.1) is 31.6 Å². The second kappa shape index (κ2) is 17.4. The Bertz CT molecular complexity index is 1150. The highest BCUT2D eigenvalue weighted by molar-refractivity contribution is 6.08. The third kappa shape index (κ3) is 11.3. The lowest BCUT2D eigenvalue weighted by molar-refractivity contribution is -0.394. The molecule has 0 bridgehead atoms. The molecule has 2 aromatic carbocycles. The number of nitro groups is 2. The van der Waals surface area contributed by atoms with Crippen molar-refractivity contribution in [3.05, 3.63) is 79.9 Å². The van der Waals surface area contributed by atoms with Crippen molar-refractivity contribution >= 4 is 33.5 Å². The number of carbonyl (C=O) groups excluding carboxylic acids is 2. The summed E-state index contributed by atoms with van der Waals surface area (Å²) in [7, 11) is 3.50. The van der Waals surface area contributed by atoms with Crippen molar-refractivity contribution in [3.63, 3.8) is 0 Å². The van der Waals surface area contributed by atoms with Crippen molar-refractivity contribution in [1.82, 2.24) is 5.32 Å². The van der Waals surface area contributed by atoms with Crippen LogP contribution in [0.5, 0.6) is 0 Å². The van der Waals surface area contributed by atoms with Gasteiger partial charge < -0.3 is 10.1 Å². The van der Waals surface area contributed by atoms with Gasteiger partial charge in [0.25, 0.3) is 17.3 Å². The Morgan fingerprint density at radius 3 is 1.81 bits per heavy atom. The van der Waals surface area contributed by atoms with Crippen molar-refractivity contribution in [3.8, 4) is 0 Å². The van der Waals surface area contributed by atoms with E-state index in [1.807, 2.05) is 20.8 Å². The molecule has 0 aromatic heterocycles. The van der Waals surface area contributed by atoms with Gasteiger partial charge in [0.05, 0.1) is 40.0 Å². The molecule has 0 aliphatic rings. The van der Waals surface area contributed by atoms with Gasteiger partial charge in [-0.3, -0.25) is 29.8 Å². The highest BCUT2D eigenvalue weighted by atomic mass is 28.1. The number of non-ortho nitro benzene ring substituents is 2. The third-order valence-electron chi connectivity index (χ3n) is 7.12. The minimum atomic E-state index is -0.853. The Morgan fingerprint density at radius 1 is 0.833 bits per heavy atom. The van der Waals surface area contributed by atoms with Crippen LogP contribution < -0.4 is 5.32 Å². The number of nitrogens with zero attached hydrogens (tertiary/aromatic N) is 2. The third-order valence-corrected chi connectivity index (χ3v) is 7.47. The molecular formula is C31H42N3O7Si. The zero-order valence-corrected chi connectivity index (χ0v) is 25.8. The summed E-state index contributed by atoms with van der Waals surface area (Å²) in [5.41, 5.74) is -1.41. The molecule has 3 radical (unpaired) electrons. The number of carbonyl (C=O) groups is 2. The molecule has 0 saturated heterocycles. The smallest absolute Gasteiger partial charge is 0.311 e. The SMILES string of the molecule is CC(C)(C)[C@@H](C(=O)OCCCCCCCCCCC[Si])[C@@H](NC(=O)c1cc([N+](=O)[O-])cc([N+](=O)[O-])c1)c1ccccc1. The van der Waals surface area contributed by atoms with Crippen LogP contribution in [-0.4, -0.2) is 38.6 Å². The summed E-state index contributed by atoms with van der Waals surface area (Å²) in [5, 5.41) is 25.5. The summed E-state index contributed by atoms with van der Waals surface area (Å²) in [4.78, 5) is 48.0. The summed E-state index contributed by atoms with van der Waals surface area (Å²) in [6.45, 7) is 5.88. The Morgan fingerprint density at radius 2 is 1.33 bits per heavy atom. The first-order valence-corrected chi connectivity index (χ1v) is 15.3. The van der Waals surface area contributed by atoms with E-state index >= 15 is 0 Å². The van der Waals surface area contributed by atoms with Gasteiger partial charge in [0, 0.05) is 22.4 Å². The van der Waals surface area contributed by atoms with E-state index in [1.165, 1.54) is 32.1 Å². The minimum absolute atomic E-state index is 0.249.